The van der Waals surface area contributed by atoms with E-state index in [4.69, 9.17) is 4.74 Å². The molecule has 1 aliphatic carbocycles. The molecule has 1 aliphatic heterocycles. The molecule has 0 spiro atoms. The number of hydrogen-bond donors (Lipinski definition) is 1. The number of nitrogens with zero attached hydrogens (tertiary/aromatic N) is 1. The van der Waals surface area contributed by atoms with Gasteiger partial charge in [0, 0.05) is 13.1 Å². The van der Waals surface area contributed by atoms with Gasteiger partial charge >= 0.3 is 5.97 Å². The monoisotopic (exact) mass is 212 g/mol. The van der Waals surface area contributed by atoms with E-state index in [0.29, 0.717) is 6.54 Å². The van der Waals surface area contributed by atoms with Crippen LogP contribution in [-0.2, 0) is 9.53 Å². The summed E-state index contributed by atoms with van der Waals surface area (Å²) in [6, 6.07) is 0. The molecule has 1 heterocycles. The van der Waals surface area contributed by atoms with Gasteiger partial charge in [0.1, 0.15) is 6.10 Å². The zero-order valence-corrected chi connectivity index (χ0v) is 9.21. The summed E-state index contributed by atoms with van der Waals surface area (Å²) < 4.78 is 5.33. The summed E-state index contributed by atoms with van der Waals surface area (Å²) in [7, 11) is 0. The summed E-state index contributed by atoms with van der Waals surface area (Å²) >= 11 is 0. The van der Waals surface area contributed by atoms with Crippen molar-refractivity contribution in [2.75, 3.05) is 32.7 Å². The number of hydrogen-bond acceptors (Lipinski definition) is 4. The van der Waals surface area contributed by atoms with Gasteiger partial charge in [-0.25, -0.2) is 0 Å². The minimum atomic E-state index is -0.0402. The largest absolute Gasteiger partial charge is 0.461 e. The van der Waals surface area contributed by atoms with Crippen LogP contribution in [0.2, 0.25) is 0 Å². The lowest BCUT2D eigenvalue weighted by atomic mass is 9.96. The molecule has 0 atom stereocenters. The predicted octanol–water partition coefficient (Wildman–Crippen LogP) is 0.377. The Labute approximate surface area is 91.0 Å². The van der Waals surface area contributed by atoms with Crippen molar-refractivity contribution >= 4 is 5.97 Å². The lowest BCUT2D eigenvalue weighted by molar-refractivity contribution is -0.154. The van der Waals surface area contributed by atoms with Gasteiger partial charge < -0.3 is 10.1 Å². The molecule has 0 amide bonds. The van der Waals surface area contributed by atoms with Crippen molar-refractivity contribution in [1.82, 2.24) is 10.2 Å². The van der Waals surface area contributed by atoms with Crippen LogP contribution in [0, 0.1) is 0 Å². The van der Waals surface area contributed by atoms with Crippen molar-refractivity contribution < 1.29 is 9.53 Å². The number of nitrogens with one attached hydrogen (secondary N) is 1. The molecule has 1 saturated heterocycles. The molecule has 86 valence electrons. The van der Waals surface area contributed by atoms with Crippen molar-refractivity contribution in [1.29, 1.82) is 0 Å². The molecule has 0 aromatic rings. The maximum Gasteiger partial charge on any atom is 0.320 e. The number of ether oxygens (including phenoxy) is 1. The molecule has 0 radical (unpaired) electrons. The normalized spacial score (nSPS) is 24.3. The highest BCUT2D eigenvalue weighted by atomic mass is 16.5. The smallest absolute Gasteiger partial charge is 0.320 e. The zero-order chi connectivity index (χ0) is 10.5. The summed E-state index contributed by atoms with van der Waals surface area (Å²) in [5, 5.41) is 3.32. The molecular formula is C11H20N2O2. The third-order valence-corrected chi connectivity index (χ3v) is 3.14. The molecule has 1 N–H and O–H groups in total. The first-order valence-corrected chi connectivity index (χ1v) is 5.97. The number of rotatable bonds is 3. The minimum Gasteiger partial charge on any atom is -0.461 e. The van der Waals surface area contributed by atoms with Gasteiger partial charge in [-0.05, 0) is 38.8 Å². The first-order valence-electron chi connectivity index (χ1n) is 5.97. The van der Waals surface area contributed by atoms with E-state index in [1.165, 1.54) is 6.42 Å². The van der Waals surface area contributed by atoms with Crippen LogP contribution < -0.4 is 5.32 Å². The molecule has 0 bridgehead atoms. The van der Waals surface area contributed by atoms with Crippen LogP contribution >= 0.6 is 0 Å². The van der Waals surface area contributed by atoms with Crippen molar-refractivity contribution in [3.63, 3.8) is 0 Å². The van der Waals surface area contributed by atoms with E-state index in [1.807, 2.05) is 0 Å². The van der Waals surface area contributed by atoms with Crippen LogP contribution in [-0.4, -0.2) is 49.7 Å². The second kappa shape index (κ2) is 5.47. The van der Waals surface area contributed by atoms with E-state index in [-0.39, 0.29) is 12.1 Å². The highest BCUT2D eigenvalue weighted by Crippen LogP contribution is 2.21. The second-order valence-corrected chi connectivity index (χ2v) is 4.42. The topological polar surface area (TPSA) is 41.6 Å². The lowest BCUT2D eigenvalue weighted by Gasteiger charge is -2.26. The van der Waals surface area contributed by atoms with Gasteiger partial charge in [-0.3, -0.25) is 9.69 Å². The zero-order valence-electron chi connectivity index (χ0n) is 9.21. The van der Waals surface area contributed by atoms with Crippen molar-refractivity contribution in [2.24, 2.45) is 0 Å². The number of esters is 1. The molecule has 2 fully saturated rings. The van der Waals surface area contributed by atoms with Gasteiger partial charge in [0.2, 0.25) is 0 Å². The second-order valence-electron chi connectivity index (χ2n) is 4.42. The highest BCUT2D eigenvalue weighted by Gasteiger charge is 2.22. The molecule has 2 rings (SSSR count). The number of carbonyl (C=O) groups excluding carboxylic acids is 1. The summed E-state index contributed by atoms with van der Waals surface area (Å²) in [5.74, 6) is -0.0402. The Kier molecular flexibility index (Phi) is 3.97. The van der Waals surface area contributed by atoms with Gasteiger partial charge in [-0.1, -0.05) is 0 Å². The fourth-order valence-corrected chi connectivity index (χ4v) is 1.95. The van der Waals surface area contributed by atoms with Crippen LogP contribution in [0.1, 0.15) is 25.7 Å². The van der Waals surface area contributed by atoms with Crippen molar-refractivity contribution in [2.45, 2.75) is 31.8 Å². The Morgan fingerprint density at radius 2 is 2.13 bits per heavy atom. The molecule has 4 nitrogen and oxygen atoms in total. The summed E-state index contributed by atoms with van der Waals surface area (Å²) in [5.41, 5.74) is 0. The first kappa shape index (κ1) is 10.9. The fourth-order valence-electron chi connectivity index (χ4n) is 1.95. The van der Waals surface area contributed by atoms with Gasteiger partial charge in [-0.15, -0.1) is 0 Å². The highest BCUT2D eigenvalue weighted by molar-refractivity contribution is 5.71. The van der Waals surface area contributed by atoms with Crippen molar-refractivity contribution in [3.05, 3.63) is 0 Å². The molecule has 0 unspecified atom stereocenters. The minimum absolute atomic E-state index is 0.0402. The summed E-state index contributed by atoms with van der Waals surface area (Å²) in [4.78, 5) is 13.7. The van der Waals surface area contributed by atoms with Gasteiger partial charge in [0.05, 0.1) is 6.54 Å². The van der Waals surface area contributed by atoms with E-state index in [9.17, 15) is 4.79 Å². The Balaban J connectivity index is 1.67. The third-order valence-electron chi connectivity index (χ3n) is 3.14. The fraction of sp³-hybridized carbons (Fsp3) is 0.909. The number of carbonyl (C=O) groups is 1. The molecule has 0 aromatic carbocycles. The Morgan fingerprint density at radius 1 is 1.27 bits per heavy atom. The van der Waals surface area contributed by atoms with E-state index < -0.39 is 0 Å². The Bertz CT molecular complexity index is 209. The Morgan fingerprint density at radius 3 is 2.87 bits per heavy atom. The van der Waals surface area contributed by atoms with E-state index >= 15 is 0 Å². The van der Waals surface area contributed by atoms with E-state index in [0.717, 1.165) is 45.4 Å². The maximum atomic E-state index is 11.5. The van der Waals surface area contributed by atoms with Gasteiger partial charge in [0.15, 0.2) is 0 Å². The van der Waals surface area contributed by atoms with E-state index in [2.05, 4.69) is 10.2 Å². The summed E-state index contributed by atoms with van der Waals surface area (Å²) in [6.07, 6.45) is 4.69. The van der Waals surface area contributed by atoms with Crippen molar-refractivity contribution in [3.8, 4) is 0 Å². The van der Waals surface area contributed by atoms with Gasteiger partial charge in [-0.2, -0.15) is 0 Å². The molecular weight excluding hydrogens is 192 g/mol. The van der Waals surface area contributed by atoms with Crippen LogP contribution in [0.4, 0.5) is 0 Å². The first-order chi connectivity index (χ1) is 7.34. The molecule has 4 heteroatoms. The summed E-state index contributed by atoms with van der Waals surface area (Å²) in [6.45, 7) is 4.48. The lowest BCUT2D eigenvalue weighted by Crippen LogP contribution is -2.36. The Hall–Kier alpha value is -0.610. The molecule has 15 heavy (non-hydrogen) atoms. The molecule has 0 aromatic heterocycles. The predicted molar refractivity (Wildman–Crippen MR) is 57.7 cm³/mol. The van der Waals surface area contributed by atoms with Crippen LogP contribution in [0.15, 0.2) is 0 Å². The molecule has 2 aliphatic rings. The average Bonchev–Trinajstić information content (AvgIpc) is 2.40. The van der Waals surface area contributed by atoms with Crippen LogP contribution in [0.25, 0.3) is 0 Å². The third kappa shape index (κ3) is 3.47. The maximum absolute atomic E-state index is 11.5. The van der Waals surface area contributed by atoms with Crippen LogP contribution in [0.5, 0.6) is 0 Å². The average molecular weight is 212 g/mol. The van der Waals surface area contributed by atoms with Gasteiger partial charge in [0.25, 0.3) is 0 Å². The van der Waals surface area contributed by atoms with E-state index in [1.54, 1.807) is 0 Å². The standard InChI is InChI=1S/C11H20N2O2/c14-11(15-10-3-1-4-10)9-13-7-2-5-12-6-8-13/h10,12H,1-9H2. The quantitative estimate of drug-likeness (QED) is 0.687. The SMILES string of the molecule is O=C(CN1CCCNCC1)OC1CCC1. The van der Waals surface area contributed by atoms with Crippen LogP contribution in [0.3, 0.4) is 0 Å². The molecule has 1 saturated carbocycles.